The molecule has 0 rings (SSSR count). The largest absolute Gasteiger partial charge is 0.462 e. The molecule has 0 aromatic rings. The monoisotopic (exact) mass is 1160 g/mol. The van der Waals surface area contributed by atoms with Gasteiger partial charge >= 0.3 is 11.9 Å². The summed E-state index contributed by atoms with van der Waals surface area (Å²) in [6.07, 6.45) is 105. The topological polar surface area (TPSA) is 72.8 Å². The van der Waals surface area contributed by atoms with Crippen LogP contribution in [0.25, 0.3) is 0 Å². The SMILES string of the molecule is CC/C=C\C/C=C\C/C=C\C/C=C\C/C=C\C/C=C\C/C=C\C/C=C\CCCCCCCCC(=O)OC(CO)COC(=O)CCCCCCCCCCCCCCCCCCCCCCCCCCCCCCCCCCCCCCCC. The summed E-state index contributed by atoms with van der Waals surface area (Å²) in [7, 11) is 0. The number of hydrogen-bond donors (Lipinski definition) is 1. The van der Waals surface area contributed by atoms with Gasteiger partial charge in [-0.3, -0.25) is 9.59 Å². The van der Waals surface area contributed by atoms with Gasteiger partial charge in [0.1, 0.15) is 6.61 Å². The summed E-state index contributed by atoms with van der Waals surface area (Å²) in [5.74, 6) is -0.598. The van der Waals surface area contributed by atoms with Gasteiger partial charge in [0.2, 0.25) is 0 Å². The van der Waals surface area contributed by atoms with Crippen LogP contribution in [-0.4, -0.2) is 36.4 Å². The second kappa shape index (κ2) is 73.1. The smallest absolute Gasteiger partial charge is 0.306 e. The molecular weight excluding hydrogens is 1020 g/mol. The number of allylic oxidation sites excluding steroid dienone is 16. The van der Waals surface area contributed by atoms with Crippen LogP contribution in [0.4, 0.5) is 0 Å². The molecule has 1 unspecified atom stereocenters. The lowest BCUT2D eigenvalue weighted by atomic mass is 10.0. The van der Waals surface area contributed by atoms with Crippen LogP contribution < -0.4 is 0 Å². The van der Waals surface area contributed by atoms with Crippen molar-refractivity contribution in [3.8, 4) is 0 Å². The fourth-order valence-electron chi connectivity index (χ4n) is 10.8. The molecular formula is C78H138O5. The van der Waals surface area contributed by atoms with Crippen molar-refractivity contribution in [2.45, 2.75) is 373 Å². The van der Waals surface area contributed by atoms with Crippen LogP contribution in [0, 0.1) is 0 Å². The summed E-state index contributed by atoms with van der Waals surface area (Å²) in [6, 6.07) is 0. The Morgan fingerprint density at radius 1 is 0.289 bits per heavy atom. The predicted octanol–water partition coefficient (Wildman–Crippen LogP) is 25.4. The number of aliphatic hydroxyl groups is 1. The molecule has 0 fully saturated rings. The Kier molecular flexibility index (Phi) is 70.3. The summed E-state index contributed by atoms with van der Waals surface area (Å²) in [5, 5.41) is 9.70. The van der Waals surface area contributed by atoms with Gasteiger partial charge in [-0.2, -0.15) is 0 Å². The van der Waals surface area contributed by atoms with Crippen molar-refractivity contribution in [3.05, 3.63) is 97.2 Å². The van der Waals surface area contributed by atoms with Gasteiger partial charge in [-0.05, 0) is 77.0 Å². The Hall–Kier alpha value is -3.18. The van der Waals surface area contributed by atoms with Crippen LogP contribution in [0.15, 0.2) is 97.2 Å². The maximum Gasteiger partial charge on any atom is 0.306 e. The fourth-order valence-corrected chi connectivity index (χ4v) is 10.8. The average Bonchev–Trinajstić information content (AvgIpc) is 3.49. The molecule has 1 N–H and O–H groups in total. The molecule has 0 amide bonds. The van der Waals surface area contributed by atoms with Crippen LogP contribution in [-0.2, 0) is 19.1 Å². The zero-order chi connectivity index (χ0) is 59.8. The van der Waals surface area contributed by atoms with Crippen LogP contribution >= 0.6 is 0 Å². The van der Waals surface area contributed by atoms with Crippen molar-refractivity contribution >= 4 is 11.9 Å². The minimum absolute atomic E-state index is 0.0736. The number of hydrogen-bond acceptors (Lipinski definition) is 5. The molecule has 5 heteroatoms. The minimum atomic E-state index is -0.787. The Balaban J connectivity index is 3.46. The molecule has 480 valence electrons. The number of ether oxygens (including phenoxy) is 2. The molecule has 0 aliphatic carbocycles. The first kappa shape index (κ1) is 79.8. The van der Waals surface area contributed by atoms with Gasteiger partial charge < -0.3 is 14.6 Å². The van der Waals surface area contributed by atoms with Gasteiger partial charge in [-0.25, -0.2) is 0 Å². The number of rotatable bonds is 67. The van der Waals surface area contributed by atoms with Gasteiger partial charge in [0.05, 0.1) is 6.61 Å². The van der Waals surface area contributed by atoms with Gasteiger partial charge in [0, 0.05) is 12.8 Å². The maximum atomic E-state index is 12.4. The number of carbonyl (C=O) groups is 2. The second-order valence-corrected chi connectivity index (χ2v) is 24.3. The highest BCUT2D eigenvalue weighted by Gasteiger charge is 2.16. The first-order valence-corrected chi connectivity index (χ1v) is 36.3. The van der Waals surface area contributed by atoms with E-state index in [1.54, 1.807) is 0 Å². The van der Waals surface area contributed by atoms with E-state index >= 15 is 0 Å². The average molecular weight is 1160 g/mol. The summed E-state index contributed by atoms with van der Waals surface area (Å²) >= 11 is 0. The highest BCUT2D eigenvalue weighted by molar-refractivity contribution is 5.70. The molecule has 0 heterocycles. The summed E-state index contributed by atoms with van der Waals surface area (Å²) < 4.78 is 10.8. The van der Waals surface area contributed by atoms with Crippen molar-refractivity contribution in [2.75, 3.05) is 13.2 Å². The lowest BCUT2D eigenvalue weighted by Gasteiger charge is -2.15. The van der Waals surface area contributed by atoms with E-state index in [4.69, 9.17) is 9.47 Å². The van der Waals surface area contributed by atoms with E-state index in [2.05, 4.69) is 111 Å². The molecule has 0 saturated heterocycles. The number of carbonyl (C=O) groups excluding carboxylic acids is 2. The van der Waals surface area contributed by atoms with Gasteiger partial charge in [-0.1, -0.05) is 374 Å². The molecule has 0 aliphatic rings. The van der Waals surface area contributed by atoms with E-state index in [1.165, 1.54) is 244 Å². The third-order valence-corrected chi connectivity index (χ3v) is 16.1. The molecule has 0 saturated carbocycles. The van der Waals surface area contributed by atoms with E-state index < -0.39 is 6.10 Å². The maximum absolute atomic E-state index is 12.4. The standard InChI is InChI=1S/C78H138O5/c1-3-5-7-9-11-13-15-17-19-21-23-25-27-29-31-33-35-36-37-38-39-40-41-43-44-46-48-50-52-54-56-58-60-62-64-66-68-70-72-77(80)82-75-76(74-79)83-78(81)73-71-69-67-65-63-61-59-57-55-53-51-49-47-45-42-34-32-30-28-26-24-22-20-18-16-14-12-10-8-6-4-2/h6,8,12,14,18,20,24,26,30,32,42,45,49,51,55,57,76,79H,3-5,7,9-11,13,15-17,19,21-23,25,27-29,31,33-41,43-44,46-48,50,52-54,56,58-75H2,1-2H3/b8-6-,14-12-,20-18-,26-24-,32-30-,45-42-,51-49-,57-55-. The van der Waals surface area contributed by atoms with Crippen molar-refractivity contribution in [1.82, 2.24) is 0 Å². The van der Waals surface area contributed by atoms with Crippen LogP contribution in [0.3, 0.4) is 0 Å². The van der Waals surface area contributed by atoms with Crippen molar-refractivity contribution in [2.24, 2.45) is 0 Å². The Morgan fingerprint density at radius 3 is 0.783 bits per heavy atom. The van der Waals surface area contributed by atoms with Crippen LogP contribution in [0.5, 0.6) is 0 Å². The first-order chi connectivity index (χ1) is 41.1. The molecule has 0 spiro atoms. The molecule has 83 heavy (non-hydrogen) atoms. The molecule has 0 radical (unpaired) electrons. The number of aliphatic hydroxyl groups excluding tert-OH is 1. The van der Waals surface area contributed by atoms with E-state index in [-0.39, 0.29) is 25.2 Å². The van der Waals surface area contributed by atoms with Gasteiger partial charge in [0.15, 0.2) is 6.10 Å². The number of esters is 2. The number of unbranched alkanes of at least 4 members (excludes halogenated alkanes) is 43. The zero-order valence-corrected chi connectivity index (χ0v) is 55.2. The second-order valence-electron chi connectivity index (χ2n) is 24.3. The van der Waals surface area contributed by atoms with Crippen LogP contribution in [0.2, 0.25) is 0 Å². The van der Waals surface area contributed by atoms with Gasteiger partial charge in [0.25, 0.3) is 0 Å². The van der Waals surface area contributed by atoms with Crippen molar-refractivity contribution in [1.29, 1.82) is 0 Å². The summed E-state index contributed by atoms with van der Waals surface area (Å²) in [4.78, 5) is 24.7. The zero-order valence-electron chi connectivity index (χ0n) is 55.2. The molecule has 0 bridgehead atoms. The molecule has 0 aromatic heterocycles. The van der Waals surface area contributed by atoms with E-state index in [0.29, 0.717) is 12.8 Å². The lowest BCUT2D eigenvalue weighted by molar-refractivity contribution is -0.161. The van der Waals surface area contributed by atoms with Crippen LogP contribution in [0.1, 0.15) is 367 Å². The lowest BCUT2D eigenvalue weighted by Crippen LogP contribution is -2.28. The van der Waals surface area contributed by atoms with Crippen molar-refractivity contribution in [3.63, 3.8) is 0 Å². The molecule has 5 nitrogen and oxygen atoms in total. The quantitative estimate of drug-likeness (QED) is 0.0373. The Bertz CT molecular complexity index is 1550. The fraction of sp³-hybridized carbons (Fsp3) is 0.769. The first-order valence-electron chi connectivity index (χ1n) is 36.3. The Morgan fingerprint density at radius 2 is 0.518 bits per heavy atom. The molecule has 0 aromatic carbocycles. The molecule has 0 aliphatic heterocycles. The highest BCUT2D eigenvalue weighted by Crippen LogP contribution is 2.19. The van der Waals surface area contributed by atoms with Gasteiger partial charge in [-0.15, -0.1) is 0 Å². The van der Waals surface area contributed by atoms with E-state index in [0.717, 1.165) is 96.3 Å². The third kappa shape index (κ3) is 71.2. The van der Waals surface area contributed by atoms with E-state index in [1.807, 2.05) is 0 Å². The van der Waals surface area contributed by atoms with E-state index in [9.17, 15) is 14.7 Å². The highest BCUT2D eigenvalue weighted by atomic mass is 16.6. The predicted molar refractivity (Wildman–Crippen MR) is 366 cm³/mol. The Labute approximate surface area is 517 Å². The summed E-state index contributed by atoms with van der Waals surface area (Å²) in [6.45, 7) is 4.06. The molecule has 1 atom stereocenters. The third-order valence-electron chi connectivity index (χ3n) is 16.1. The summed E-state index contributed by atoms with van der Waals surface area (Å²) in [5.41, 5.74) is 0. The minimum Gasteiger partial charge on any atom is -0.462 e. The van der Waals surface area contributed by atoms with Crippen molar-refractivity contribution < 1.29 is 24.2 Å². The normalized spacial score (nSPS) is 12.8.